The molecule has 3 aliphatic heterocycles. The molecule has 38 heavy (non-hydrogen) atoms. The highest BCUT2D eigenvalue weighted by molar-refractivity contribution is 7.89. The normalized spacial score (nSPS) is 26.3. The van der Waals surface area contributed by atoms with Gasteiger partial charge in [-0.3, -0.25) is 9.30 Å². The highest BCUT2D eigenvalue weighted by Crippen LogP contribution is 2.35. The molecule has 6 heterocycles. The maximum Gasteiger partial charge on any atom is 0.291 e. The minimum absolute atomic E-state index is 0. The number of fused-ring (bicyclic) bond motifs is 2. The lowest BCUT2D eigenvalue weighted by Gasteiger charge is -2.44. The number of morpholine rings is 1. The van der Waals surface area contributed by atoms with E-state index in [4.69, 9.17) is 9.47 Å². The Hall–Kier alpha value is -2.81. The van der Waals surface area contributed by atoms with Crippen LogP contribution in [0.1, 0.15) is 19.8 Å². The standard InChI is InChI=1S/C22H24F2N8O4S2.H2/c1-13-22(11-25,12-36-13)29-38(33,34)15-6-16(31-3-2-30-4-5-35-10-14(30)8-31)17-7-26-19(32(17)9-15)21-28-27-20(37-21)18(23)24;/h6-7,9,13-14,18,29H,2-5,8,10,12H2,1H3;1H/t13?,14-,22?;/m1./s1. The molecule has 3 aromatic heterocycles. The van der Waals surface area contributed by atoms with E-state index in [1.165, 1.54) is 10.6 Å². The monoisotopic (exact) mass is 568 g/mol. The molecule has 3 aliphatic rings. The van der Waals surface area contributed by atoms with Crippen molar-refractivity contribution < 1.29 is 28.1 Å². The van der Waals surface area contributed by atoms with E-state index in [-0.39, 0.29) is 29.8 Å². The van der Waals surface area contributed by atoms with Gasteiger partial charge in [0.25, 0.3) is 6.43 Å². The number of rotatable bonds is 6. The fraction of sp³-hybridized carbons (Fsp3) is 0.545. The summed E-state index contributed by atoms with van der Waals surface area (Å²) >= 11 is 0.693. The summed E-state index contributed by atoms with van der Waals surface area (Å²) in [4.78, 5) is 8.73. The Labute approximate surface area is 222 Å². The molecule has 0 amide bonds. The smallest absolute Gasteiger partial charge is 0.291 e. The number of hydrogen-bond acceptors (Lipinski definition) is 11. The molecule has 12 nitrogen and oxygen atoms in total. The summed E-state index contributed by atoms with van der Waals surface area (Å²) in [7, 11) is -4.20. The van der Waals surface area contributed by atoms with Gasteiger partial charge in [-0.15, -0.1) is 10.2 Å². The minimum atomic E-state index is -4.20. The molecule has 0 aromatic carbocycles. The molecular formula is C22H26F2N8O4S2. The third-order valence-electron chi connectivity index (χ3n) is 7.27. The number of halogens is 2. The van der Waals surface area contributed by atoms with Crippen molar-refractivity contribution in [3.63, 3.8) is 0 Å². The second-order valence-electron chi connectivity index (χ2n) is 9.50. The highest BCUT2D eigenvalue weighted by atomic mass is 32.2. The van der Waals surface area contributed by atoms with E-state index in [1.807, 2.05) is 6.07 Å². The molecule has 2 unspecified atom stereocenters. The number of alkyl halides is 2. The van der Waals surface area contributed by atoms with Crippen LogP contribution >= 0.6 is 11.3 Å². The second-order valence-corrected chi connectivity index (χ2v) is 12.2. The first-order valence-electron chi connectivity index (χ1n) is 12.0. The number of sulfonamides is 1. The zero-order chi connectivity index (χ0) is 26.7. The molecular weight excluding hydrogens is 542 g/mol. The van der Waals surface area contributed by atoms with Gasteiger partial charge < -0.3 is 14.4 Å². The van der Waals surface area contributed by atoms with Gasteiger partial charge in [0.1, 0.15) is 4.90 Å². The fourth-order valence-electron chi connectivity index (χ4n) is 4.96. The van der Waals surface area contributed by atoms with Crippen LogP contribution in [0.15, 0.2) is 23.4 Å². The topological polar surface area (TPSA) is 138 Å². The molecule has 0 aliphatic carbocycles. The number of pyridine rings is 1. The molecule has 3 fully saturated rings. The van der Waals surface area contributed by atoms with Gasteiger partial charge in [0.05, 0.1) is 55.4 Å². The molecule has 3 saturated heterocycles. The summed E-state index contributed by atoms with van der Waals surface area (Å²) in [5, 5.41) is 16.8. The van der Waals surface area contributed by atoms with E-state index in [0.29, 0.717) is 48.8 Å². The largest absolute Gasteiger partial charge is 0.378 e. The molecule has 1 N–H and O–H groups in total. The van der Waals surface area contributed by atoms with Crippen molar-refractivity contribution >= 4 is 32.6 Å². The lowest BCUT2D eigenvalue weighted by Crippen LogP contribution is -2.66. The second kappa shape index (κ2) is 9.43. The number of nitrogens with one attached hydrogen (secondary N) is 1. The molecule has 3 aromatic rings. The van der Waals surface area contributed by atoms with Crippen molar-refractivity contribution in [3.8, 4) is 16.9 Å². The zero-order valence-corrected chi connectivity index (χ0v) is 21.9. The van der Waals surface area contributed by atoms with Gasteiger partial charge in [0.15, 0.2) is 21.4 Å². The maximum absolute atomic E-state index is 13.6. The Morgan fingerprint density at radius 1 is 1.34 bits per heavy atom. The van der Waals surface area contributed by atoms with Gasteiger partial charge in [0.2, 0.25) is 10.0 Å². The molecule has 3 atom stereocenters. The summed E-state index contributed by atoms with van der Waals surface area (Å²) in [5.41, 5.74) is -0.185. The van der Waals surface area contributed by atoms with Crippen molar-refractivity contribution in [2.45, 2.75) is 35.9 Å². The van der Waals surface area contributed by atoms with Gasteiger partial charge in [-0.05, 0) is 13.0 Å². The van der Waals surface area contributed by atoms with Crippen LogP contribution in [0.3, 0.4) is 0 Å². The molecule has 16 heteroatoms. The summed E-state index contributed by atoms with van der Waals surface area (Å²) in [6, 6.07) is 3.73. The molecule has 6 rings (SSSR count). The van der Waals surface area contributed by atoms with Crippen molar-refractivity contribution in [1.82, 2.24) is 29.2 Å². The molecule has 0 saturated carbocycles. The summed E-state index contributed by atoms with van der Waals surface area (Å²) in [6.07, 6.45) is -0.475. The van der Waals surface area contributed by atoms with E-state index < -0.39 is 33.1 Å². The fourth-order valence-corrected chi connectivity index (χ4v) is 7.04. The van der Waals surface area contributed by atoms with E-state index in [9.17, 15) is 22.5 Å². The van der Waals surface area contributed by atoms with Crippen molar-refractivity contribution in [1.29, 1.82) is 5.26 Å². The van der Waals surface area contributed by atoms with Gasteiger partial charge in [0, 0.05) is 33.8 Å². The van der Waals surface area contributed by atoms with Gasteiger partial charge in [-0.25, -0.2) is 22.2 Å². The SMILES string of the molecule is CC1OCC1(C#N)NS(=O)(=O)c1cc(N2CCN3CCOC[C@H]3C2)c2cnc(-c3nnc(C(F)F)s3)n2c1.[HH]. The number of nitrogens with zero attached hydrogens (tertiary/aromatic N) is 7. The Balaban J connectivity index is 0.00000308. The lowest BCUT2D eigenvalue weighted by molar-refractivity contribution is -0.102. The van der Waals surface area contributed by atoms with Crippen LogP contribution in [0, 0.1) is 11.3 Å². The molecule has 0 spiro atoms. The molecule has 0 radical (unpaired) electrons. The lowest BCUT2D eigenvalue weighted by atomic mass is 9.92. The average Bonchev–Trinajstić information content (AvgIpc) is 3.57. The highest BCUT2D eigenvalue weighted by Gasteiger charge is 2.49. The summed E-state index contributed by atoms with van der Waals surface area (Å²) < 4.78 is 68.6. The number of aromatic nitrogens is 4. The predicted octanol–water partition coefficient (Wildman–Crippen LogP) is 1.52. The van der Waals surface area contributed by atoms with E-state index in [2.05, 4.69) is 29.7 Å². The number of hydrogen-bond donors (Lipinski definition) is 1. The van der Waals surface area contributed by atoms with Crippen LogP contribution in [-0.4, -0.2) is 96.6 Å². The zero-order valence-electron chi connectivity index (χ0n) is 20.2. The van der Waals surface area contributed by atoms with Crippen molar-refractivity contribution in [2.24, 2.45) is 0 Å². The van der Waals surface area contributed by atoms with Crippen LogP contribution in [0.2, 0.25) is 0 Å². The third-order valence-corrected chi connectivity index (χ3v) is 9.68. The number of nitriles is 1. The Kier molecular flexibility index (Phi) is 6.32. The van der Waals surface area contributed by atoms with Crippen LogP contribution < -0.4 is 9.62 Å². The van der Waals surface area contributed by atoms with Gasteiger partial charge in [-0.1, -0.05) is 11.3 Å². The number of imidazole rings is 1. The Morgan fingerprint density at radius 2 is 2.18 bits per heavy atom. The number of piperazine rings is 1. The first kappa shape index (κ1) is 25.5. The van der Waals surface area contributed by atoms with Crippen LogP contribution in [0.5, 0.6) is 0 Å². The summed E-state index contributed by atoms with van der Waals surface area (Å²) in [5.74, 6) is 0.192. The number of anilines is 1. The first-order chi connectivity index (χ1) is 18.2. The summed E-state index contributed by atoms with van der Waals surface area (Å²) in [6.45, 7) is 5.66. The molecule has 0 bridgehead atoms. The maximum atomic E-state index is 13.6. The predicted molar refractivity (Wildman–Crippen MR) is 134 cm³/mol. The average molecular weight is 569 g/mol. The van der Waals surface area contributed by atoms with Gasteiger partial charge in [-0.2, -0.15) is 9.98 Å². The number of ether oxygens (including phenoxy) is 2. The Bertz CT molecular complexity index is 1530. The third kappa shape index (κ3) is 4.23. The van der Waals surface area contributed by atoms with Crippen molar-refractivity contribution in [3.05, 3.63) is 23.5 Å². The minimum Gasteiger partial charge on any atom is -0.378 e. The quantitative estimate of drug-likeness (QED) is 0.466. The van der Waals surface area contributed by atoms with Crippen LogP contribution in [0.4, 0.5) is 14.5 Å². The van der Waals surface area contributed by atoms with E-state index in [0.717, 1.165) is 13.1 Å². The van der Waals surface area contributed by atoms with Gasteiger partial charge >= 0.3 is 0 Å². The van der Waals surface area contributed by atoms with Crippen LogP contribution in [0.25, 0.3) is 16.3 Å². The first-order valence-corrected chi connectivity index (χ1v) is 14.3. The molecule has 204 valence electrons. The van der Waals surface area contributed by atoms with E-state index in [1.54, 1.807) is 19.2 Å². The van der Waals surface area contributed by atoms with Crippen molar-refractivity contribution in [2.75, 3.05) is 50.9 Å². The van der Waals surface area contributed by atoms with E-state index >= 15 is 0 Å². The van der Waals surface area contributed by atoms with Crippen LogP contribution in [-0.2, 0) is 19.5 Å². The Morgan fingerprint density at radius 3 is 2.87 bits per heavy atom.